The van der Waals surface area contributed by atoms with Gasteiger partial charge in [0, 0.05) is 22.4 Å². The smallest absolute Gasteiger partial charge is 0.322 e. The Morgan fingerprint density at radius 1 is 1.19 bits per heavy atom. The fourth-order valence-corrected chi connectivity index (χ4v) is 7.78. The molecule has 1 aliphatic heterocycles. The molecule has 2 heterocycles. The minimum Gasteiger partial charge on any atom is -0.332 e. The highest BCUT2D eigenvalue weighted by Gasteiger charge is 2.51. The number of hydrogen-bond acceptors (Lipinski definition) is 3. The number of quaternary nitrogens is 1. The van der Waals surface area contributed by atoms with E-state index in [1.165, 1.54) is 34.6 Å². The van der Waals surface area contributed by atoms with Crippen molar-refractivity contribution >= 4 is 23.3 Å². The number of rotatable bonds is 3. The second-order valence-electron chi connectivity index (χ2n) is 9.56. The summed E-state index contributed by atoms with van der Waals surface area (Å²) in [5.41, 5.74) is 1.32. The van der Waals surface area contributed by atoms with Gasteiger partial charge in [0.05, 0.1) is 6.54 Å². The maximum absolute atomic E-state index is 12.6. The molecule has 4 bridgehead atoms. The van der Waals surface area contributed by atoms with Crippen LogP contribution in [0.5, 0.6) is 0 Å². The van der Waals surface area contributed by atoms with Crippen molar-refractivity contribution in [2.24, 2.45) is 17.8 Å². The van der Waals surface area contributed by atoms with E-state index in [1.807, 2.05) is 11.3 Å². The van der Waals surface area contributed by atoms with Crippen LogP contribution in [0.4, 0.5) is 4.79 Å². The van der Waals surface area contributed by atoms with Crippen LogP contribution in [0.1, 0.15) is 61.9 Å². The van der Waals surface area contributed by atoms with Gasteiger partial charge in [-0.2, -0.15) is 0 Å². The fourth-order valence-electron chi connectivity index (χ4n) is 6.80. The Morgan fingerprint density at radius 3 is 2.52 bits per heavy atom. The Bertz CT molecular complexity index is 723. The van der Waals surface area contributed by atoms with Crippen molar-refractivity contribution in [2.45, 2.75) is 63.5 Å². The number of carbonyl (C=O) groups excluding carboxylic acids is 2. The molecule has 3 amide bonds. The van der Waals surface area contributed by atoms with E-state index in [9.17, 15) is 9.59 Å². The standard InChI is InChI=1S/C21H29N3O2S/c1-13-17-3-5-27-18(17)2-4-24(13)12-19(25)22-20(26)23-21-9-14-6-15(10-21)8-16(7-14)11-21/h3,5,13-16H,2,4,6-12H2,1H3,(H2,22,23,25,26)/p+1/t13-,14?,15?,16?,21?/m0/s1. The van der Waals surface area contributed by atoms with E-state index >= 15 is 0 Å². The molecule has 1 aromatic heterocycles. The third-order valence-corrected chi connectivity index (χ3v) is 8.59. The van der Waals surface area contributed by atoms with E-state index in [2.05, 4.69) is 29.0 Å². The van der Waals surface area contributed by atoms with Crippen LogP contribution in [0.2, 0.25) is 0 Å². The van der Waals surface area contributed by atoms with E-state index < -0.39 is 0 Å². The summed E-state index contributed by atoms with van der Waals surface area (Å²) < 4.78 is 0. The highest BCUT2D eigenvalue weighted by Crippen LogP contribution is 2.55. The molecule has 0 spiro atoms. The molecular formula is C21H30N3O2S+. The summed E-state index contributed by atoms with van der Waals surface area (Å²) in [5, 5.41) is 8.01. The first-order valence-corrected chi connectivity index (χ1v) is 11.4. The monoisotopic (exact) mass is 388 g/mol. The number of hydrogen-bond donors (Lipinski definition) is 3. The van der Waals surface area contributed by atoms with Crippen LogP contribution >= 0.6 is 11.3 Å². The lowest BCUT2D eigenvalue weighted by molar-refractivity contribution is -0.924. The van der Waals surface area contributed by atoms with Crippen molar-refractivity contribution in [2.75, 3.05) is 13.1 Å². The molecule has 4 fully saturated rings. The number of nitrogens with one attached hydrogen (secondary N) is 3. The normalized spacial score (nSPS) is 39.1. The highest BCUT2D eigenvalue weighted by molar-refractivity contribution is 7.10. The van der Waals surface area contributed by atoms with Crippen LogP contribution in [0.25, 0.3) is 0 Å². The van der Waals surface area contributed by atoms with E-state index in [0.717, 1.165) is 50.0 Å². The molecule has 5 aliphatic rings. The van der Waals surface area contributed by atoms with Crippen molar-refractivity contribution < 1.29 is 14.5 Å². The van der Waals surface area contributed by atoms with Gasteiger partial charge in [-0.1, -0.05) is 0 Å². The summed E-state index contributed by atoms with van der Waals surface area (Å²) in [7, 11) is 0. The first-order chi connectivity index (χ1) is 13.0. The average Bonchev–Trinajstić information content (AvgIpc) is 3.05. The minimum atomic E-state index is -0.276. The largest absolute Gasteiger partial charge is 0.332 e. The number of fused-ring (bicyclic) bond motifs is 1. The molecule has 27 heavy (non-hydrogen) atoms. The number of urea groups is 1. The SMILES string of the molecule is C[C@H]1c2ccsc2CC[NH+]1CC(=O)NC(=O)NC12CC3CC(CC(C3)C1)C2. The van der Waals surface area contributed by atoms with E-state index in [1.54, 1.807) is 0 Å². The lowest BCUT2D eigenvalue weighted by atomic mass is 9.53. The number of amides is 3. The maximum atomic E-state index is 12.6. The zero-order valence-corrected chi connectivity index (χ0v) is 16.9. The lowest BCUT2D eigenvalue weighted by Crippen LogP contribution is -3.14. The summed E-state index contributed by atoms with van der Waals surface area (Å²) >= 11 is 1.81. The van der Waals surface area contributed by atoms with Crippen molar-refractivity contribution in [3.05, 3.63) is 21.9 Å². The molecule has 2 atom stereocenters. The van der Waals surface area contributed by atoms with E-state index in [4.69, 9.17) is 0 Å². The molecule has 3 N–H and O–H groups in total. The van der Waals surface area contributed by atoms with Crippen molar-refractivity contribution in [1.82, 2.24) is 10.6 Å². The number of imide groups is 1. The molecule has 1 unspecified atom stereocenters. The first-order valence-electron chi connectivity index (χ1n) is 10.5. The highest BCUT2D eigenvalue weighted by atomic mass is 32.1. The van der Waals surface area contributed by atoms with Crippen LogP contribution in [-0.2, 0) is 11.2 Å². The predicted molar refractivity (Wildman–Crippen MR) is 105 cm³/mol. The number of thiophene rings is 1. The van der Waals surface area contributed by atoms with Gasteiger partial charge < -0.3 is 10.2 Å². The van der Waals surface area contributed by atoms with Gasteiger partial charge in [-0.25, -0.2) is 4.79 Å². The first kappa shape index (κ1) is 17.7. The Hall–Kier alpha value is -1.40. The van der Waals surface area contributed by atoms with Crippen LogP contribution in [0, 0.1) is 17.8 Å². The second-order valence-corrected chi connectivity index (χ2v) is 10.6. The Balaban J connectivity index is 1.17. The van der Waals surface area contributed by atoms with Crippen LogP contribution in [0.15, 0.2) is 11.4 Å². The number of carbonyl (C=O) groups is 2. The van der Waals surface area contributed by atoms with Crippen LogP contribution in [-0.4, -0.2) is 30.6 Å². The Kier molecular flexibility index (Phi) is 4.32. The molecule has 4 aliphatic carbocycles. The summed E-state index contributed by atoms with van der Waals surface area (Å²) in [6.07, 6.45) is 8.40. The van der Waals surface area contributed by atoms with Crippen LogP contribution in [0.3, 0.4) is 0 Å². The minimum absolute atomic E-state index is 0.0457. The lowest BCUT2D eigenvalue weighted by Gasteiger charge is -2.56. The van der Waals surface area contributed by atoms with E-state index in [0.29, 0.717) is 12.6 Å². The van der Waals surface area contributed by atoms with Gasteiger partial charge in [0.2, 0.25) is 0 Å². The fraction of sp³-hybridized carbons (Fsp3) is 0.714. The van der Waals surface area contributed by atoms with Gasteiger partial charge in [0.15, 0.2) is 6.54 Å². The maximum Gasteiger partial charge on any atom is 0.322 e. The quantitative estimate of drug-likeness (QED) is 0.742. The predicted octanol–water partition coefficient (Wildman–Crippen LogP) is 2.04. The van der Waals surface area contributed by atoms with Gasteiger partial charge in [-0.05, 0) is 74.6 Å². The molecule has 0 saturated heterocycles. The molecule has 0 aromatic carbocycles. The van der Waals surface area contributed by atoms with Gasteiger partial charge in [-0.3, -0.25) is 10.1 Å². The third-order valence-electron chi connectivity index (χ3n) is 7.59. The van der Waals surface area contributed by atoms with Crippen molar-refractivity contribution in [1.29, 1.82) is 0 Å². The summed E-state index contributed by atoms with van der Waals surface area (Å²) in [6, 6.07) is 2.22. The second kappa shape index (κ2) is 6.59. The van der Waals surface area contributed by atoms with Gasteiger partial charge in [0.25, 0.3) is 5.91 Å². The van der Waals surface area contributed by atoms with Crippen molar-refractivity contribution in [3.63, 3.8) is 0 Å². The average molecular weight is 389 g/mol. The molecule has 0 radical (unpaired) electrons. The molecule has 5 nitrogen and oxygen atoms in total. The summed E-state index contributed by atoms with van der Waals surface area (Å²) in [4.78, 5) is 27.8. The molecule has 146 valence electrons. The van der Waals surface area contributed by atoms with Crippen LogP contribution < -0.4 is 15.5 Å². The van der Waals surface area contributed by atoms with Gasteiger partial charge in [-0.15, -0.1) is 11.3 Å². The molecule has 1 aromatic rings. The summed E-state index contributed by atoms with van der Waals surface area (Å²) in [5.74, 6) is 2.19. The van der Waals surface area contributed by atoms with E-state index in [-0.39, 0.29) is 17.5 Å². The topological polar surface area (TPSA) is 62.6 Å². The van der Waals surface area contributed by atoms with Crippen molar-refractivity contribution in [3.8, 4) is 0 Å². The molecular weight excluding hydrogens is 358 g/mol. The zero-order valence-electron chi connectivity index (χ0n) is 16.1. The molecule has 4 saturated carbocycles. The molecule has 6 rings (SSSR count). The summed E-state index contributed by atoms with van der Waals surface area (Å²) in [6.45, 7) is 3.51. The Morgan fingerprint density at radius 2 is 1.85 bits per heavy atom. The molecule has 6 heteroatoms. The van der Waals surface area contributed by atoms with Gasteiger partial charge in [0.1, 0.15) is 6.04 Å². The van der Waals surface area contributed by atoms with Gasteiger partial charge >= 0.3 is 6.03 Å². The third kappa shape index (κ3) is 3.31. The Labute approximate surface area is 164 Å². The zero-order chi connectivity index (χ0) is 18.6.